The lowest BCUT2D eigenvalue weighted by Gasteiger charge is -2.57. The highest BCUT2D eigenvalue weighted by molar-refractivity contribution is 7.43. The quantitative estimate of drug-likeness (QED) is 0.209. The summed E-state index contributed by atoms with van der Waals surface area (Å²) in [7, 11) is -3.72. The first-order valence-electron chi connectivity index (χ1n) is 11.6. The van der Waals surface area contributed by atoms with Gasteiger partial charge in [-0.3, -0.25) is 9.05 Å². The van der Waals surface area contributed by atoms with Crippen LogP contribution in [0.4, 0.5) is 0 Å². The van der Waals surface area contributed by atoms with Gasteiger partial charge in [0.25, 0.3) is 5.79 Å². The summed E-state index contributed by atoms with van der Waals surface area (Å²) in [4.78, 5) is 12.7. The minimum Gasteiger partial charge on any atom is -0.412 e. The number of rotatable bonds is 3. The zero-order valence-electron chi connectivity index (χ0n) is 19.1. The Morgan fingerprint density at radius 1 is 0.486 bits per heavy atom. The Balaban J connectivity index is 1.56. The van der Waals surface area contributed by atoms with Gasteiger partial charge in [0.1, 0.15) is 5.41 Å². The van der Waals surface area contributed by atoms with Crippen molar-refractivity contribution in [2.24, 2.45) is 0 Å². The molecule has 0 amide bonds. The van der Waals surface area contributed by atoms with Crippen LogP contribution in [0, 0.1) is 0 Å². The maximum atomic E-state index is 6.62. The SMILES string of the molecule is c1ccc(C23OP(OOC4(OOP5Oc6cccc4c6O5)C2(c2ccccc2)c2ccccc2)O3)cc1. The smallest absolute Gasteiger partial charge is 0.412 e. The monoisotopic (exact) mass is 532 g/mol. The van der Waals surface area contributed by atoms with Gasteiger partial charge in [-0.05, 0) is 23.3 Å². The van der Waals surface area contributed by atoms with Gasteiger partial charge in [0.2, 0.25) is 5.79 Å². The highest BCUT2D eigenvalue weighted by Crippen LogP contribution is 2.78. The minimum absolute atomic E-state index is 0.459. The first kappa shape index (κ1) is 22.1. The van der Waals surface area contributed by atoms with Crippen molar-refractivity contribution in [3.8, 4) is 11.5 Å². The molecular formula is C27H18O8P2. The lowest BCUT2D eigenvalue weighted by molar-refractivity contribution is -0.484. The molecule has 10 heteroatoms. The summed E-state index contributed by atoms with van der Waals surface area (Å²) in [5.41, 5.74) is 1.50. The summed E-state index contributed by atoms with van der Waals surface area (Å²) >= 11 is 0. The average molecular weight is 532 g/mol. The largest absolute Gasteiger partial charge is 0.493 e. The van der Waals surface area contributed by atoms with Crippen molar-refractivity contribution in [2.75, 3.05) is 0 Å². The van der Waals surface area contributed by atoms with Crippen LogP contribution in [0.3, 0.4) is 0 Å². The summed E-state index contributed by atoms with van der Waals surface area (Å²) in [6.45, 7) is 0. The fourth-order valence-electron chi connectivity index (χ4n) is 5.62. The third-order valence-electron chi connectivity index (χ3n) is 7.06. The van der Waals surface area contributed by atoms with Gasteiger partial charge >= 0.3 is 17.2 Å². The predicted molar refractivity (Wildman–Crippen MR) is 132 cm³/mol. The van der Waals surface area contributed by atoms with E-state index in [1.807, 2.05) is 109 Å². The molecule has 3 fully saturated rings. The Bertz CT molecular complexity index is 1430. The molecule has 5 aliphatic rings. The van der Waals surface area contributed by atoms with E-state index in [0.717, 1.165) is 16.7 Å². The van der Waals surface area contributed by atoms with E-state index in [-0.39, 0.29) is 0 Å². The van der Waals surface area contributed by atoms with E-state index in [2.05, 4.69) is 0 Å². The Hall–Kier alpha value is -2.90. The van der Waals surface area contributed by atoms with Crippen LogP contribution in [0.1, 0.15) is 22.3 Å². The molecule has 0 aromatic heterocycles. The molecule has 0 radical (unpaired) electrons. The topological polar surface area (TPSA) is 73.8 Å². The van der Waals surface area contributed by atoms with Crippen molar-refractivity contribution in [3.05, 3.63) is 131 Å². The summed E-state index contributed by atoms with van der Waals surface area (Å²) in [6, 6.07) is 34.9. The second-order valence-corrected chi connectivity index (χ2v) is 10.8. The van der Waals surface area contributed by atoms with Gasteiger partial charge in [-0.15, -0.1) is 9.35 Å². The molecule has 4 bridgehead atoms. The van der Waals surface area contributed by atoms with Crippen LogP contribution in [0.2, 0.25) is 0 Å². The summed E-state index contributed by atoms with van der Waals surface area (Å²) < 4.78 is 36.7. The molecule has 1 spiro atoms. The van der Waals surface area contributed by atoms with Gasteiger partial charge < -0.3 is 9.05 Å². The Labute approximate surface area is 214 Å². The van der Waals surface area contributed by atoms with Crippen LogP contribution < -0.4 is 9.05 Å². The van der Waals surface area contributed by atoms with E-state index in [0.29, 0.717) is 17.1 Å². The van der Waals surface area contributed by atoms with Crippen LogP contribution in [0.25, 0.3) is 0 Å². The second kappa shape index (κ2) is 8.05. The average Bonchev–Trinajstić information content (AvgIpc) is 3.16. The van der Waals surface area contributed by atoms with Gasteiger partial charge in [-0.25, -0.2) is 0 Å². The first-order chi connectivity index (χ1) is 18.3. The van der Waals surface area contributed by atoms with Gasteiger partial charge in [-0.2, -0.15) is 9.78 Å². The number of hydrogen-bond acceptors (Lipinski definition) is 8. The van der Waals surface area contributed by atoms with E-state index in [1.54, 1.807) is 0 Å². The lowest BCUT2D eigenvalue weighted by atomic mass is 9.59. The van der Waals surface area contributed by atoms with Crippen LogP contribution in [0.5, 0.6) is 11.5 Å². The molecule has 5 heterocycles. The Morgan fingerprint density at radius 3 is 1.68 bits per heavy atom. The van der Waals surface area contributed by atoms with Crippen molar-refractivity contribution in [1.29, 1.82) is 0 Å². The van der Waals surface area contributed by atoms with Gasteiger partial charge in [0, 0.05) is 5.56 Å². The molecule has 2 atom stereocenters. The minimum atomic E-state index is -1.86. The standard InChI is InChI=1S/C27H18O8P2/c1-4-11-19(12-5-1)25(20-13-6-2-7-14-20)26(21-15-8-3-9-16-21)32-37(33-26)35-31-27(25)22-17-10-18-23-24(22)29-36(28-23)34-30-27/h1-18H. The second-order valence-electron chi connectivity index (χ2n) is 8.84. The van der Waals surface area contributed by atoms with Gasteiger partial charge in [-0.1, -0.05) is 97.1 Å². The maximum absolute atomic E-state index is 6.62. The maximum Gasteiger partial charge on any atom is 0.493 e. The number of para-hydroxylation sites is 1. The molecular weight excluding hydrogens is 514 g/mol. The van der Waals surface area contributed by atoms with Crippen molar-refractivity contribution >= 4 is 17.2 Å². The molecule has 8 nitrogen and oxygen atoms in total. The molecule has 4 aromatic rings. The summed E-state index contributed by atoms with van der Waals surface area (Å²) in [6.07, 6.45) is 0. The van der Waals surface area contributed by atoms with E-state index in [9.17, 15) is 0 Å². The highest BCUT2D eigenvalue weighted by Gasteiger charge is 2.81. The Morgan fingerprint density at radius 2 is 1.05 bits per heavy atom. The molecule has 4 aromatic carbocycles. The van der Waals surface area contributed by atoms with Crippen LogP contribution in [0.15, 0.2) is 109 Å². The van der Waals surface area contributed by atoms with Crippen molar-refractivity contribution in [1.82, 2.24) is 0 Å². The molecule has 37 heavy (non-hydrogen) atoms. The van der Waals surface area contributed by atoms with Gasteiger partial charge in [0.05, 0.1) is 5.56 Å². The molecule has 0 saturated carbocycles. The molecule has 9 rings (SSSR count). The van der Waals surface area contributed by atoms with Gasteiger partial charge in [0.15, 0.2) is 11.5 Å². The lowest BCUT2D eigenvalue weighted by Crippen LogP contribution is -2.65. The van der Waals surface area contributed by atoms with Crippen LogP contribution in [-0.2, 0) is 45.2 Å². The molecule has 3 saturated heterocycles. The Kier molecular flexibility index (Phi) is 4.81. The predicted octanol–water partition coefficient (Wildman–Crippen LogP) is 6.87. The molecule has 184 valence electrons. The highest BCUT2D eigenvalue weighted by atomic mass is 31.2. The molecule has 0 aliphatic carbocycles. The third kappa shape index (κ3) is 2.79. The molecule has 0 N–H and O–H groups in total. The van der Waals surface area contributed by atoms with E-state index in [4.69, 9.17) is 37.2 Å². The van der Waals surface area contributed by atoms with Crippen molar-refractivity contribution in [3.63, 3.8) is 0 Å². The van der Waals surface area contributed by atoms with E-state index < -0.39 is 34.2 Å². The zero-order valence-corrected chi connectivity index (χ0v) is 20.8. The zero-order chi connectivity index (χ0) is 24.5. The third-order valence-corrected chi connectivity index (χ3v) is 8.95. The van der Waals surface area contributed by atoms with Crippen molar-refractivity contribution < 1.29 is 37.2 Å². The normalized spacial score (nSPS) is 30.4. The van der Waals surface area contributed by atoms with E-state index in [1.165, 1.54) is 0 Å². The van der Waals surface area contributed by atoms with Crippen LogP contribution >= 0.6 is 17.2 Å². The number of benzene rings is 4. The molecule has 5 aliphatic heterocycles. The number of hydrogen-bond donors (Lipinski definition) is 0. The fraction of sp³-hybridized carbons (Fsp3) is 0.111. The number of fused-ring (bicyclic) bond motifs is 2. The first-order valence-corrected chi connectivity index (χ1v) is 13.8. The van der Waals surface area contributed by atoms with Crippen molar-refractivity contribution in [2.45, 2.75) is 17.0 Å². The van der Waals surface area contributed by atoms with E-state index >= 15 is 0 Å². The fourth-order valence-corrected chi connectivity index (χ4v) is 7.68. The summed E-state index contributed by atoms with van der Waals surface area (Å²) in [5.74, 6) is -2.22. The summed E-state index contributed by atoms with van der Waals surface area (Å²) in [5, 5.41) is 0. The van der Waals surface area contributed by atoms with Crippen LogP contribution in [-0.4, -0.2) is 0 Å². The molecule has 2 unspecified atom stereocenters.